The molecular weight excluding hydrogens is 376 g/mol. The lowest BCUT2D eigenvalue weighted by atomic mass is 9.71. The van der Waals surface area contributed by atoms with Crippen LogP contribution in [-0.2, 0) is 5.54 Å². The number of rotatable bonds is 6. The third-order valence-electron chi connectivity index (χ3n) is 6.80. The van der Waals surface area contributed by atoms with E-state index in [9.17, 15) is 4.79 Å². The Balaban J connectivity index is 1.44. The molecule has 0 atom stereocenters. The van der Waals surface area contributed by atoms with Gasteiger partial charge >= 0.3 is 0 Å². The molecule has 1 saturated heterocycles. The number of carbonyl (C=O) groups excluding carboxylic acids is 1. The van der Waals surface area contributed by atoms with Crippen LogP contribution >= 0.6 is 0 Å². The van der Waals surface area contributed by atoms with Gasteiger partial charge in [0.1, 0.15) is 0 Å². The first-order valence-corrected chi connectivity index (χ1v) is 11.0. The fraction of sp³-hybridized carbons (Fsp3) is 0.522. The summed E-state index contributed by atoms with van der Waals surface area (Å²) in [6.07, 6.45) is 8.74. The van der Waals surface area contributed by atoms with Gasteiger partial charge in [0.2, 0.25) is 5.95 Å². The minimum absolute atomic E-state index is 0.128. The van der Waals surface area contributed by atoms with Gasteiger partial charge in [-0.2, -0.15) is 0 Å². The molecule has 0 bridgehead atoms. The average molecular weight is 409 g/mol. The van der Waals surface area contributed by atoms with Crippen LogP contribution in [0.1, 0.15) is 73.4 Å². The number of nitrogens with one attached hydrogen (secondary N) is 2. The van der Waals surface area contributed by atoms with Crippen molar-refractivity contribution in [3.8, 4) is 0 Å². The summed E-state index contributed by atoms with van der Waals surface area (Å²) in [6, 6.07) is 9.79. The number of hydrazine groups is 1. The predicted octanol–water partition coefficient (Wildman–Crippen LogP) is 3.16. The van der Waals surface area contributed by atoms with E-state index in [0.29, 0.717) is 23.5 Å². The number of benzene rings is 1. The number of hydrogen-bond acceptors (Lipinski definition) is 6. The van der Waals surface area contributed by atoms with E-state index in [1.807, 2.05) is 0 Å². The van der Waals surface area contributed by atoms with Crippen molar-refractivity contribution in [2.45, 2.75) is 63.5 Å². The van der Waals surface area contributed by atoms with Crippen molar-refractivity contribution < 1.29 is 4.79 Å². The van der Waals surface area contributed by atoms with Crippen molar-refractivity contribution in [3.63, 3.8) is 0 Å². The van der Waals surface area contributed by atoms with Gasteiger partial charge in [-0.3, -0.25) is 10.2 Å². The van der Waals surface area contributed by atoms with Gasteiger partial charge in [-0.25, -0.2) is 15.8 Å². The summed E-state index contributed by atoms with van der Waals surface area (Å²) in [4.78, 5) is 22.8. The molecule has 4 rings (SSSR count). The van der Waals surface area contributed by atoms with E-state index >= 15 is 0 Å². The summed E-state index contributed by atoms with van der Waals surface area (Å²) in [6.45, 7) is 6.94. The number of likely N-dealkylation sites (tertiary alicyclic amines) is 1. The number of nitrogens with two attached hydrogens (primary N) is 1. The molecule has 7 nitrogen and oxygen atoms in total. The van der Waals surface area contributed by atoms with Gasteiger partial charge in [-0.15, -0.1) is 0 Å². The van der Waals surface area contributed by atoms with E-state index in [0.717, 1.165) is 12.8 Å². The molecule has 2 heterocycles. The number of aromatic nitrogens is 2. The lowest BCUT2D eigenvalue weighted by Gasteiger charge is -2.43. The molecule has 2 fully saturated rings. The van der Waals surface area contributed by atoms with Crippen molar-refractivity contribution >= 4 is 11.9 Å². The van der Waals surface area contributed by atoms with E-state index in [4.69, 9.17) is 5.84 Å². The molecule has 160 valence electrons. The maximum atomic E-state index is 11.6. The Hall–Kier alpha value is -2.51. The average Bonchev–Trinajstić information content (AvgIpc) is 2.76. The fourth-order valence-corrected chi connectivity index (χ4v) is 4.65. The maximum absolute atomic E-state index is 11.6. The van der Waals surface area contributed by atoms with Crippen molar-refractivity contribution in [1.29, 1.82) is 0 Å². The summed E-state index contributed by atoms with van der Waals surface area (Å²) in [5, 5.41) is 3.52. The molecule has 0 unspecified atom stereocenters. The molecule has 4 N–H and O–H groups in total. The maximum Gasteiger partial charge on any atom is 0.268 e. The second-order valence-electron chi connectivity index (χ2n) is 8.86. The Morgan fingerprint density at radius 3 is 2.27 bits per heavy atom. The highest BCUT2D eigenvalue weighted by Gasteiger charge is 2.39. The van der Waals surface area contributed by atoms with E-state index in [2.05, 4.69) is 63.7 Å². The zero-order chi connectivity index (χ0) is 21.1. The molecular formula is C23H32N6O. The second kappa shape index (κ2) is 8.70. The molecule has 2 aliphatic rings. The molecule has 1 aliphatic heterocycles. The van der Waals surface area contributed by atoms with Crippen LogP contribution in [0.2, 0.25) is 0 Å². The monoisotopic (exact) mass is 408 g/mol. The first kappa shape index (κ1) is 20.8. The first-order valence-electron chi connectivity index (χ1n) is 11.0. The molecule has 1 aliphatic carbocycles. The van der Waals surface area contributed by atoms with Crippen molar-refractivity contribution in [2.24, 2.45) is 5.84 Å². The number of hydrogen-bond donors (Lipinski definition) is 3. The highest BCUT2D eigenvalue weighted by atomic mass is 16.2. The normalized spacial score (nSPS) is 19.3. The fourth-order valence-electron chi connectivity index (χ4n) is 4.65. The van der Waals surface area contributed by atoms with Gasteiger partial charge in [0.25, 0.3) is 5.91 Å². The SMILES string of the molecule is CC(C)N1CCC(c2ccc(C3(Nc4ncc(C(=O)NN)cn4)CCC3)cc2)CC1. The van der Waals surface area contributed by atoms with Crippen LogP contribution in [0.3, 0.4) is 0 Å². The largest absolute Gasteiger partial charge is 0.345 e. The topological polar surface area (TPSA) is 96.2 Å². The van der Waals surface area contributed by atoms with Crippen LogP contribution in [-0.4, -0.2) is 39.9 Å². The molecule has 7 heteroatoms. The van der Waals surface area contributed by atoms with Crippen LogP contribution in [0.25, 0.3) is 0 Å². The minimum atomic E-state index is -0.394. The Bertz CT molecular complexity index is 852. The molecule has 1 aromatic heterocycles. The molecule has 0 spiro atoms. The predicted molar refractivity (Wildman–Crippen MR) is 118 cm³/mol. The van der Waals surface area contributed by atoms with Crippen LogP contribution in [0.5, 0.6) is 0 Å². The van der Waals surface area contributed by atoms with Crippen LogP contribution < -0.4 is 16.6 Å². The molecule has 1 saturated carbocycles. The molecule has 0 radical (unpaired) electrons. The summed E-state index contributed by atoms with van der Waals surface area (Å²) in [7, 11) is 0. The summed E-state index contributed by atoms with van der Waals surface area (Å²) >= 11 is 0. The molecule has 1 amide bonds. The second-order valence-corrected chi connectivity index (χ2v) is 8.86. The Morgan fingerprint density at radius 2 is 1.77 bits per heavy atom. The van der Waals surface area contributed by atoms with Crippen LogP contribution in [0, 0.1) is 0 Å². The summed E-state index contributed by atoms with van der Waals surface area (Å²) in [5.74, 6) is 5.96. The number of carbonyl (C=O) groups is 1. The van der Waals surface area contributed by atoms with E-state index in [1.165, 1.54) is 55.9 Å². The van der Waals surface area contributed by atoms with Crippen LogP contribution in [0.4, 0.5) is 5.95 Å². The standard InChI is InChI=1S/C23H32N6O/c1-16(2)29-12-8-18(9-13-29)17-4-6-20(7-5-17)23(10-3-11-23)27-22-25-14-19(15-26-22)21(30)28-24/h4-7,14-16,18H,3,8-13,24H2,1-2H3,(H,28,30)(H,25,26,27). The zero-order valence-corrected chi connectivity index (χ0v) is 17.9. The van der Waals surface area contributed by atoms with Gasteiger partial charge in [0.15, 0.2) is 0 Å². The third kappa shape index (κ3) is 4.18. The first-order chi connectivity index (χ1) is 14.5. The smallest absolute Gasteiger partial charge is 0.268 e. The van der Waals surface area contributed by atoms with Crippen LogP contribution in [0.15, 0.2) is 36.7 Å². The zero-order valence-electron chi connectivity index (χ0n) is 17.9. The van der Waals surface area contributed by atoms with Crippen molar-refractivity contribution in [3.05, 3.63) is 53.3 Å². The Morgan fingerprint density at radius 1 is 1.13 bits per heavy atom. The van der Waals surface area contributed by atoms with E-state index < -0.39 is 5.91 Å². The van der Waals surface area contributed by atoms with Gasteiger partial charge < -0.3 is 10.2 Å². The highest BCUT2D eigenvalue weighted by Crippen LogP contribution is 2.44. The molecule has 2 aromatic rings. The van der Waals surface area contributed by atoms with Crippen molar-refractivity contribution in [1.82, 2.24) is 20.3 Å². The molecule has 30 heavy (non-hydrogen) atoms. The summed E-state index contributed by atoms with van der Waals surface area (Å²) in [5.41, 5.74) is 5.04. The van der Waals surface area contributed by atoms with E-state index in [-0.39, 0.29) is 5.54 Å². The number of amides is 1. The Kier molecular flexibility index (Phi) is 6.01. The number of anilines is 1. The van der Waals surface area contributed by atoms with Gasteiger partial charge in [0, 0.05) is 18.4 Å². The lowest BCUT2D eigenvalue weighted by molar-refractivity contribution is 0.0953. The Labute approximate surface area is 178 Å². The number of piperidine rings is 1. The highest BCUT2D eigenvalue weighted by molar-refractivity contribution is 5.93. The number of nitrogen functional groups attached to an aromatic ring is 1. The number of nitrogens with zero attached hydrogens (tertiary/aromatic N) is 3. The summed E-state index contributed by atoms with van der Waals surface area (Å²) < 4.78 is 0. The molecule has 1 aromatic carbocycles. The van der Waals surface area contributed by atoms with Gasteiger partial charge in [-0.05, 0) is 76.1 Å². The van der Waals surface area contributed by atoms with Gasteiger partial charge in [-0.1, -0.05) is 24.3 Å². The van der Waals surface area contributed by atoms with E-state index in [1.54, 1.807) is 0 Å². The van der Waals surface area contributed by atoms with Gasteiger partial charge in [0.05, 0.1) is 11.1 Å². The lowest BCUT2D eigenvalue weighted by Crippen LogP contribution is -2.42. The minimum Gasteiger partial charge on any atom is -0.345 e. The quantitative estimate of drug-likeness (QED) is 0.386. The third-order valence-corrected chi connectivity index (χ3v) is 6.80. The van der Waals surface area contributed by atoms with Crippen molar-refractivity contribution in [2.75, 3.05) is 18.4 Å².